The Morgan fingerprint density at radius 2 is 1.94 bits per heavy atom. The summed E-state index contributed by atoms with van der Waals surface area (Å²) in [5, 5.41) is 14.8. The van der Waals surface area contributed by atoms with Crippen LogP contribution in [-0.4, -0.2) is 5.11 Å². The monoisotopic (exact) mass is 310 g/mol. The predicted octanol–water partition coefficient (Wildman–Crippen LogP) is 4.35. The molecule has 1 nitrogen and oxygen atoms in total. The Labute approximate surface area is 114 Å². The van der Waals surface area contributed by atoms with E-state index in [9.17, 15) is 5.11 Å². The topological polar surface area (TPSA) is 20.2 Å². The second-order valence-electron chi connectivity index (χ2n) is 4.18. The maximum atomic E-state index is 10.8. The van der Waals surface area contributed by atoms with Crippen molar-refractivity contribution in [1.82, 2.24) is 0 Å². The molecule has 0 saturated heterocycles. The molecule has 0 aliphatic rings. The molecule has 1 aromatic heterocycles. The van der Waals surface area contributed by atoms with Crippen LogP contribution in [0.4, 0.5) is 0 Å². The summed E-state index contributed by atoms with van der Waals surface area (Å²) in [4.78, 5) is 0. The summed E-state index contributed by atoms with van der Waals surface area (Å²) in [7, 11) is 0. The van der Waals surface area contributed by atoms with Crippen molar-refractivity contribution in [2.24, 2.45) is 0 Å². The molecule has 1 heterocycles. The van der Waals surface area contributed by atoms with Crippen LogP contribution in [0.1, 0.15) is 24.5 Å². The standard InChI is InChI=1S/C14H15BrOS/c1-2-14(16,12-9-17-10-13(12)15)8-11-6-4-3-5-7-11/h3-7,9-10,16H,2,8H2,1H3. The van der Waals surface area contributed by atoms with E-state index in [1.54, 1.807) is 11.3 Å². The second-order valence-corrected chi connectivity index (χ2v) is 5.78. The lowest BCUT2D eigenvalue weighted by molar-refractivity contribution is 0.0325. The largest absolute Gasteiger partial charge is 0.385 e. The lowest BCUT2D eigenvalue weighted by Crippen LogP contribution is -2.27. The lowest BCUT2D eigenvalue weighted by atomic mass is 9.87. The van der Waals surface area contributed by atoms with Crippen molar-refractivity contribution < 1.29 is 5.11 Å². The van der Waals surface area contributed by atoms with E-state index in [1.807, 2.05) is 35.9 Å². The van der Waals surface area contributed by atoms with Gasteiger partial charge >= 0.3 is 0 Å². The SMILES string of the molecule is CCC(O)(Cc1ccccc1)c1cscc1Br. The third kappa shape index (κ3) is 2.79. The summed E-state index contributed by atoms with van der Waals surface area (Å²) in [6.45, 7) is 2.02. The van der Waals surface area contributed by atoms with E-state index in [0.717, 1.165) is 15.6 Å². The molecule has 0 amide bonds. The van der Waals surface area contributed by atoms with Crippen molar-refractivity contribution in [2.75, 3.05) is 0 Å². The predicted molar refractivity (Wildman–Crippen MR) is 76.4 cm³/mol. The maximum absolute atomic E-state index is 10.8. The van der Waals surface area contributed by atoms with Crippen LogP contribution in [0.25, 0.3) is 0 Å². The number of aliphatic hydroxyl groups is 1. The average molecular weight is 311 g/mol. The number of thiophene rings is 1. The van der Waals surface area contributed by atoms with E-state index in [4.69, 9.17) is 0 Å². The normalized spacial score (nSPS) is 14.5. The first-order chi connectivity index (χ1) is 8.15. The van der Waals surface area contributed by atoms with Crippen molar-refractivity contribution in [2.45, 2.75) is 25.4 Å². The summed E-state index contributed by atoms with van der Waals surface area (Å²) in [5.41, 5.74) is 1.38. The van der Waals surface area contributed by atoms with Crippen LogP contribution in [0.5, 0.6) is 0 Å². The highest BCUT2D eigenvalue weighted by Crippen LogP contribution is 2.36. The van der Waals surface area contributed by atoms with Crippen molar-refractivity contribution in [3.8, 4) is 0 Å². The molecule has 2 rings (SSSR count). The molecule has 2 aromatic rings. The highest BCUT2D eigenvalue weighted by atomic mass is 79.9. The van der Waals surface area contributed by atoms with E-state index in [-0.39, 0.29) is 0 Å². The summed E-state index contributed by atoms with van der Waals surface area (Å²) in [6.07, 6.45) is 1.36. The first kappa shape index (κ1) is 12.8. The molecule has 3 heteroatoms. The zero-order valence-corrected chi connectivity index (χ0v) is 12.1. The van der Waals surface area contributed by atoms with E-state index in [2.05, 4.69) is 28.1 Å². The molecule has 1 aromatic carbocycles. The number of halogens is 1. The molecular weight excluding hydrogens is 296 g/mol. The van der Waals surface area contributed by atoms with Gasteiger partial charge in [0.05, 0.1) is 5.60 Å². The summed E-state index contributed by atoms with van der Waals surface area (Å²) >= 11 is 5.12. The Morgan fingerprint density at radius 1 is 1.24 bits per heavy atom. The lowest BCUT2D eigenvalue weighted by Gasteiger charge is -2.27. The van der Waals surface area contributed by atoms with Gasteiger partial charge in [-0.25, -0.2) is 0 Å². The highest BCUT2D eigenvalue weighted by Gasteiger charge is 2.30. The summed E-state index contributed by atoms with van der Waals surface area (Å²) in [6, 6.07) is 10.1. The molecule has 1 N–H and O–H groups in total. The Kier molecular flexibility index (Phi) is 4.02. The van der Waals surface area contributed by atoms with E-state index in [0.29, 0.717) is 12.8 Å². The van der Waals surface area contributed by atoms with E-state index >= 15 is 0 Å². The minimum Gasteiger partial charge on any atom is -0.385 e. The Bertz CT molecular complexity index is 480. The van der Waals surface area contributed by atoms with Gasteiger partial charge in [0.25, 0.3) is 0 Å². The van der Waals surface area contributed by atoms with Crippen molar-refractivity contribution in [3.63, 3.8) is 0 Å². The summed E-state index contributed by atoms with van der Waals surface area (Å²) < 4.78 is 1.00. The van der Waals surface area contributed by atoms with Crippen molar-refractivity contribution in [3.05, 3.63) is 56.7 Å². The zero-order chi connectivity index (χ0) is 12.3. The second kappa shape index (κ2) is 5.34. The molecule has 1 unspecified atom stereocenters. The van der Waals surface area contributed by atoms with Crippen LogP contribution >= 0.6 is 27.3 Å². The molecule has 0 radical (unpaired) electrons. The van der Waals surface area contributed by atoms with Crippen LogP contribution in [-0.2, 0) is 12.0 Å². The van der Waals surface area contributed by atoms with Gasteiger partial charge in [0.2, 0.25) is 0 Å². The third-order valence-electron chi connectivity index (χ3n) is 3.04. The van der Waals surface area contributed by atoms with Gasteiger partial charge in [0, 0.05) is 21.8 Å². The van der Waals surface area contributed by atoms with E-state index < -0.39 is 5.60 Å². The van der Waals surface area contributed by atoms with Crippen molar-refractivity contribution >= 4 is 27.3 Å². The highest BCUT2D eigenvalue weighted by molar-refractivity contribution is 9.10. The molecule has 1 atom stereocenters. The smallest absolute Gasteiger partial charge is 0.0953 e. The molecule has 0 saturated carbocycles. The minimum absolute atomic E-state index is 0.652. The van der Waals surface area contributed by atoms with Crippen molar-refractivity contribution in [1.29, 1.82) is 0 Å². The van der Waals surface area contributed by atoms with Crippen LogP contribution < -0.4 is 0 Å². The molecule has 90 valence electrons. The first-order valence-corrected chi connectivity index (χ1v) is 7.38. The van der Waals surface area contributed by atoms with Gasteiger partial charge in [-0.2, -0.15) is 11.3 Å². The zero-order valence-electron chi connectivity index (χ0n) is 9.69. The van der Waals surface area contributed by atoms with Crippen LogP contribution in [0.2, 0.25) is 0 Å². The van der Waals surface area contributed by atoms with Crippen LogP contribution in [0, 0.1) is 0 Å². The third-order valence-corrected chi connectivity index (χ3v) is 4.74. The van der Waals surface area contributed by atoms with Gasteiger partial charge in [-0.05, 0) is 33.3 Å². The Balaban J connectivity index is 2.30. The fraction of sp³-hybridized carbons (Fsp3) is 0.286. The minimum atomic E-state index is -0.778. The molecule has 0 aliphatic heterocycles. The molecule has 17 heavy (non-hydrogen) atoms. The van der Waals surface area contributed by atoms with Gasteiger partial charge in [0.1, 0.15) is 0 Å². The first-order valence-electron chi connectivity index (χ1n) is 5.64. The molecule has 0 spiro atoms. The van der Waals surface area contributed by atoms with Crippen LogP contribution in [0.15, 0.2) is 45.6 Å². The Hall–Kier alpha value is -0.640. The average Bonchev–Trinajstić information content (AvgIpc) is 2.77. The van der Waals surface area contributed by atoms with Gasteiger partial charge < -0.3 is 5.11 Å². The maximum Gasteiger partial charge on any atom is 0.0953 e. The van der Waals surface area contributed by atoms with Crippen LogP contribution in [0.3, 0.4) is 0 Å². The number of benzene rings is 1. The molecule has 0 bridgehead atoms. The Morgan fingerprint density at radius 3 is 2.47 bits per heavy atom. The summed E-state index contributed by atoms with van der Waals surface area (Å²) in [5.74, 6) is 0. The number of hydrogen-bond donors (Lipinski definition) is 1. The van der Waals surface area contributed by atoms with E-state index in [1.165, 1.54) is 0 Å². The van der Waals surface area contributed by atoms with Gasteiger partial charge in [0.15, 0.2) is 0 Å². The molecular formula is C14H15BrOS. The molecule has 0 fully saturated rings. The number of rotatable bonds is 4. The molecule has 0 aliphatic carbocycles. The fourth-order valence-corrected chi connectivity index (χ4v) is 3.71. The van der Waals surface area contributed by atoms with Gasteiger partial charge in [-0.15, -0.1) is 0 Å². The van der Waals surface area contributed by atoms with Gasteiger partial charge in [-0.3, -0.25) is 0 Å². The fourth-order valence-electron chi connectivity index (χ4n) is 1.96. The quantitative estimate of drug-likeness (QED) is 0.890. The number of hydrogen-bond acceptors (Lipinski definition) is 2. The van der Waals surface area contributed by atoms with Gasteiger partial charge in [-0.1, -0.05) is 37.3 Å².